The zero-order valence-electron chi connectivity index (χ0n) is 10.4. The van der Waals surface area contributed by atoms with Crippen molar-refractivity contribution >= 4 is 5.97 Å². The Bertz CT molecular complexity index is 263. The van der Waals surface area contributed by atoms with Gasteiger partial charge in [0.1, 0.15) is 0 Å². The van der Waals surface area contributed by atoms with Crippen molar-refractivity contribution in [1.82, 2.24) is 4.90 Å². The van der Waals surface area contributed by atoms with Gasteiger partial charge in [-0.15, -0.1) is 0 Å². The van der Waals surface area contributed by atoms with Gasteiger partial charge in [-0.3, -0.25) is 4.79 Å². The SMILES string of the molecule is CC1CC(C)CN(CC2(CC(=O)O)CC2)C1. The molecule has 2 unspecified atom stereocenters. The fourth-order valence-electron chi connectivity index (χ4n) is 3.28. The minimum Gasteiger partial charge on any atom is -0.481 e. The van der Waals surface area contributed by atoms with Crippen molar-refractivity contribution in [2.45, 2.75) is 39.5 Å². The van der Waals surface area contributed by atoms with E-state index in [0.717, 1.165) is 44.3 Å². The first-order valence-electron chi connectivity index (χ1n) is 6.43. The third-order valence-corrected chi connectivity index (χ3v) is 3.99. The number of piperidine rings is 1. The van der Waals surface area contributed by atoms with Crippen LogP contribution in [0.3, 0.4) is 0 Å². The molecule has 1 aliphatic carbocycles. The first kappa shape index (κ1) is 11.9. The molecular weight excluding hydrogens is 202 g/mol. The highest BCUT2D eigenvalue weighted by Gasteiger charge is 2.46. The van der Waals surface area contributed by atoms with Crippen molar-refractivity contribution in [3.8, 4) is 0 Å². The van der Waals surface area contributed by atoms with Gasteiger partial charge in [0.25, 0.3) is 0 Å². The number of carboxylic acid groups (broad SMARTS) is 1. The van der Waals surface area contributed by atoms with Crippen LogP contribution in [0.15, 0.2) is 0 Å². The maximum Gasteiger partial charge on any atom is 0.303 e. The van der Waals surface area contributed by atoms with Crippen LogP contribution in [0, 0.1) is 17.3 Å². The van der Waals surface area contributed by atoms with E-state index in [2.05, 4.69) is 18.7 Å². The number of likely N-dealkylation sites (tertiary alicyclic amines) is 1. The number of nitrogens with zero attached hydrogens (tertiary/aromatic N) is 1. The monoisotopic (exact) mass is 225 g/mol. The summed E-state index contributed by atoms with van der Waals surface area (Å²) in [5.74, 6) is 0.907. The summed E-state index contributed by atoms with van der Waals surface area (Å²) in [4.78, 5) is 13.3. The van der Waals surface area contributed by atoms with E-state index >= 15 is 0 Å². The molecule has 1 saturated carbocycles. The maximum atomic E-state index is 10.8. The minimum atomic E-state index is -0.629. The van der Waals surface area contributed by atoms with Crippen LogP contribution in [0.1, 0.15) is 39.5 Å². The molecule has 2 atom stereocenters. The molecule has 0 aromatic heterocycles. The molecule has 92 valence electrons. The lowest BCUT2D eigenvalue weighted by molar-refractivity contribution is -0.138. The second kappa shape index (κ2) is 4.36. The minimum absolute atomic E-state index is 0.128. The molecule has 3 nitrogen and oxygen atoms in total. The molecular formula is C13H23NO2. The van der Waals surface area contributed by atoms with Crippen LogP contribution in [-0.2, 0) is 4.79 Å². The number of hydrogen-bond donors (Lipinski definition) is 1. The summed E-state index contributed by atoms with van der Waals surface area (Å²) < 4.78 is 0. The highest BCUT2D eigenvalue weighted by molar-refractivity contribution is 5.68. The maximum absolute atomic E-state index is 10.8. The molecule has 0 spiro atoms. The van der Waals surface area contributed by atoms with Gasteiger partial charge in [0.2, 0.25) is 0 Å². The van der Waals surface area contributed by atoms with E-state index < -0.39 is 5.97 Å². The molecule has 16 heavy (non-hydrogen) atoms. The predicted molar refractivity (Wildman–Crippen MR) is 63.3 cm³/mol. The standard InChI is InChI=1S/C13H23NO2/c1-10-5-11(2)8-14(7-10)9-13(3-4-13)6-12(15)16/h10-11H,3-9H2,1-2H3,(H,15,16). The Morgan fingerprint density at radius 2 is 1.88 bits per heavy atom. The average Bonchev–Trinajstić information content (AvgIpc) is 2.80. The Balaban J connectivity index is 1.87. The van der Waals surface area contributed by atoms with Gasteiger partial charge in [0, 0.05) is 19.6 Å². The van der Waals surface area contributed by atoms with Gasteiger partial charge in [-0.25, -0.2) is 0 Å². The summed E-state index contributed by atoms with van der Waals surface area (Å²) in [7, 11) is 0. The largest absolute Gasteiger partial charge is 0.481 e. The number of carboxylic acids is 1. The van der Waals surface area contributed by atoms with Crippen LogP contribution in [0.25, 0.3) is 0 Å². The van der Waals surface area contributed by atoms with Gasteiger partial charge in [0.15, 0.2) is 0 Å². The van der Waals surface area contributed by atoms with Crippen molar-refractivity contribution in [3.05, 3.63) is 0 Å². The molecule has 0 amide bonds. The van der Waals surface area contributed by atoms with Gasteiger partial charge in [0.05, 0.1) is 6.42 Å². The molecule has 1 aliphatic heterocycles. The summed E-state index contributed by atoms with van der Waals surface area (Å²) in [6, 6.07) is 0. The molecule has 1 N–H and O–H groups in total. The van der Waals surface area contributed by atoms with Gasteiger partial charge in [-0.05, 0) is 36.5 Å². The van der Waals surface area contributed by atoms with E-state index in [4.69, 9.17) is 5.11 Å². The summed E-state index contributed by atoms with van der Waals surface area (Å²) in [5, 5.41) is 8.90. The van der Waals surface area contributed by atoms with Crippen LogP contribution >= 0.6 is 0 Å². The van der Waals surface area contributed by atoms with Crippen LogP contribution in [0.2, 0.25) is 0 Å². The second-order valence-corrected chi connectivity index (χ2v) is 6.21. The number of hydrogen-bond acceptors (Lipinski definition) is 2. The highest BCUT2D eigenvalue weighted by atomic mass is 16.4. The van der Waals surface area contributed by atoms with E-state index in [0.29, 0.717) is 6.42 Å². The smallest absolute Gasteiger partial charge is 0.303 e. The number of rotatable bonds is 4. The lowest BCUT2D eigenvalue weighted by Gasteiger charge is -2.37. The molecule has 2 aliphatic rings. The Morgan fingerprint density at radius 3 is 2.31 bits per heavy atom. The molecule has 0 bridgehead atoms. The highest BCUT2D eigenvalue weighted by Crippen LogP contribution is 2.49. The molecule has 1 saturated heterocycles. The van der Waals surface area contributed by atoms with Crippen molar-refractivity contribution < 1.29 is 9.90 Å². The Kier molecular flexibility index (Phi) is 3.24. The molecule has 0 aromatic carbocycles. The Labute approximate surface area is 97.8 Å². The molecule has 0 aromatic rings. The first-order chi connectivity index (χ1) is 7.49. The lowest BCUT2D eigenvalue weighted by Crippen LogP contribution is -2.42. The summed E-state index contributed by atoms with van der Waals surface area (Å²) in [6.07, 6.45) is 3.91. The predicted octanol–water partition coefficient (Wildman–Crippen LogP) is 2.22. The van der Waals surface area contributed by atoms with Crippen molar-refractivity contribution in [2.24, 2.45) is 17.3 Å². The fourth-order valence-corrected chi connectivity index (χ4v) is 3.28. The summed E-state index contributed by atoms with van der Waals surface area (Å²) in [6.45, 7) is 7.93. The fraction of sp³-hybridized carbons (Fsp3) is 0.923. The molecule has 2 rings (SSSR count). The van der Waals surface area contributed by atoms with E-state index in [1.807, 2.05) is 0 Å². The third kappa shape index (κ3) is 2.97. The summed E-state index contributed by atoms with van der Waals surface area (Å²) in [5.41, 5.74) is 0.128. The third-order valence-electron chi connectivity index (χ3n) is 3.99. The van der Waals surface area contributed by atoms with Gasteiger partial charge < -0.3 is 10.0 Å². The van der Waals surface area contributed by atoms with Crippen LogP contribution in [0.4, 0.5) is 0 Å². The normalized spacial score (nSPS) is 33.6. The van der Waals surface area contributed by atoms with Gasteiger partial charge in [-0.1, -0.05) is 13.8 Å². The first-order valence-corrected chi connectivity index (χ1v) is 6.43. The molecule has 1 heterocycles. The summed E-state index contributed by atoms with van der Waals surface area (Å²) >= 11 is 0. The van der Waals surface area contributed by atoms with Crippen LogP contribution in [-0.4, -0.2) is 35.6 Å². The van der Waals surface area contributed by atoms with Gasteiger partial charge in [-0.2, -0.15) is 0 Å². The Hall–Kier alpha value is -0.570. The quantitative estimate of drug-likeness (QED) is 0.797. The van der Waals surface area contributed by atoms with Crippen LogP contribution in [0.5, 0.6) is 0 Å². The second-order valence-electron chi connectivity index (χ2n) is 6.21. The molecule has 3 heteroatoms. The van der Waals surface area contributed by atoms with Crippen molar-refractivity contribution in [1.29, 1.82) is 0 Å². The van der Waals surface area contributed by atoms with Crippen molar-refractivity contribution in [3.63, 3.8) is 0 Å². The lowest BCUT2D eigenvalue weighted by atomic mass is 9.90. The van der Waals surface area contributed by atoms with Crippen molar-refractivity contribution in [2.75, 3.05) is 19.6 Å². The van der Waals surface area contributed by atoms with E-state index in [-0.39, 0.29) is 5.41 Å². The van der Waals surface area contributed by atoms with E-state index in [9.17, 15) is 4.79 Å². The number of carbonyl (C=O) groups is 1. The van der Waals surface area contributed by atoms with Gasteiger partial charge >= 0.3 is 5.97 Å². The zero-order valence-corrected chi connectivity index (χ0v) is 10.4. The molecule has 2 fully saturated rings. The van der Waals surface area contributed by atoms with E-state index in [1.54, 1.807) is 0 Å². The molecule has 0 radical (unpaired) electrons. The van der Waals surface area contributed by atoms with E-state index in [1.165, 1.54) is 6.42 Å². The average molecular weight is 225 g/mol. The number of aliphatic carboxylic acids is 1. The topological polar surface area (TPSA) is 40.5 Å². The zero-order chi connectivity index (χ0) is 11.8. The van der Waals surface area contributed by atoms with Crippen LogP contribution < -0.4 is 0 Å². The Morgan fingerprint density at radius 1 is 1.31 bits per heavy atom.